The third-order valence-electron chi connectivity index (χ3n) is 4.23. The monoisotopic (exact) mass is 272 g/mol. The minimum atomic E-state index is -0.918. The molecule has 0 saturated heterocycles. The van der Waals surface area contributed by atoms with E-state index in [0.717, 1.165) is 17.5 Å². The van der Waals surface area contributed by atoms with Crippen LogP contribution in [-0.4, -0.2) is 5.11 Å². The molecule has 0 saturated carbocycles. The highest BCUT2D eigenvalue weighted by Gasteiger charge is 2.43. The van der Waals surface area contributed by atoms with E-state index < -0.39 is 11.4 Å². The van der Waals surface area contributed by atoms with Gasteiger partial charge in [-0.25, -0.2) is 0 Å². The van der Waals surface area contributed by atoms with Crippen LogP contribution >= 0.6 is 0 Å². The Balaban J connectivity index is 2.10. The van der Waals surface area contributed by atoms with Crippen LogP contribution in [0.25, 0.3) is 0 Å². The van der Waals surface area contributed by atoms with Crippen molar-refractivity contribution >= 4 is 0 Å². The molecule has 0 bridgehead atoms. The van der Waals surface area contributed by atoms with Gasteiger partial charge in [-0.15, -0.1) is 0 Å². The molecule has 3 heteroatoms. The van der Waals surface area contributed by atoms with Crippen molar-refractivity contribution in [2.75, 3.05) is 0 Å². The van der Waals surface area contributed by atoms with E-state index in [2.05, 4.69) is 6.92 Å². The first-order valence-corrected chi connectivity index (χ1v) is 7.11. The first kappa shape index (κ1) is 13.3. The molecule has 106 valence electrons. The Kier molecular flexibility index (Phi) is 3.09. The lowest BCUT2D eigenvalue weighted by atomic mass is 9.85. The van der Waals surface area contributed by atoms with Crippen molar-refractivity contribution in [1.82, 2.24) is 0 Å². The number of aliphatic hydroxyl groups is 1. The van der Waals surface area contributed by atoms with E-state index in [9.17, 15) is 5.11 Å². The third kappa shape index (κ3) is 1.93. The summed E-state index contributed by atoms with van der Waals surface area (Å²) in [6.07, 6.45) is 7.40. The third-order valence-corrected chi connectivity index (χ3v) is 4.23. The number of hydrogen-bond donors (Lipinski definition) is 1. The number of hydrogen-bond acceptors (Lipinski definition) is 3. The van der Waals surface area contributed by atoms with Crippen LogP contribution in [0.2, 0.25) is 0 Å². The highest BCUT2D eigenvalue weighted by molar-refractivity contribution is 5.41. The molecule has 1 aromatic carbocycles. The van der Waals surface area contributed by atoms with Crippen molar-refractivity contribution in [2.24, 2.45) is 0 Å². The van der Waals surface area contributed by atoms with Gasteiger partial charge in [0, 0.05) is 12.0 Å². The summed E-state index contributed by atoms with van der Waals surface area (Å²) >= 11 is 0. The Labute approximate surface area is 119 Å². The van der Waals surface area contributed by atoms with Gasteiger partial charge in [0.05, 0.1) is 0 Å². The average molecular weight is 272 g/mol. The molecule has 0 aromatic heterocycles. The highest BCUT2D eigenvalue weighted by Crippen LogP contribution is 2.44. The van der Waals surface area contributed by atoms with E-state index in [1.54, 1.807) is 12.5 Å². The molecule has 1 heterocycles. The van der Waals surface area contributed by atoms with Crippen LogP contribution in [0.4, 0.5) is 0 Å². The minimum absolute atomic E-state index is 0.676. The molecule has 2 aliphatic rings. The van der Waals surface area contributed by atoms with E-state index in [1.807, 2.05) is 37.3 Å². The maximum Gasteiger partial charge on any atom is 0.276 e. The lowest BCUT2D eigenvalue weighted by Crippen LogP contribution is -2.32. The standard InChI is InChI=1S/C17H20O3/c1-3-17(19-10-11-20-17)15-7-5-4-6-14(15)16(18)9-8-13(2)12-16/h4-7,10-12,18H,3,8-9H2,1-2H3. The van der Waals surface area contributed by atoms with Gasteiger partial charge >= 0.3 is 0 Å². The second-order valence-electron chi connectivity index (χ2n) is 5.57. The topological polar surface area (TPSA) is 38.7 Å². The number of rotatable bonds is 3. The molecule has 1 unspecified atom stereocenters. The largest absolute Gasteiger partial charge is 0.453 e. The number of allylic oxidation sites excluding steroid dienone is 1. The van der Waals surface area contributed by atoms with Crippen molar-refractivity contribution in [1.29, 1.82) is 0 Å². The molecule has 3 rings (SSSR count). The maximum absolute atomic E-state index is 11.0. The van der Waals surface area contributed by atoms with Gasteiger partial charge in [0.15, 0.2) is 0 Å². The Morgan fingerprint density at radius 3 is 2.35 bits per heavy atom. The van der Waals surface area contributed by atoms with E-state index in [-0.39, 0.29) is 0 Å². The quantitative estimate of drug-likeness (QED) is 0.853. The van der Waals surface area contributed by atoms with E-state index in [0.29, 0.717) is 12.8 Å². The van der Waals surface area contributed by atoms with Gasteiger partial charge in [-0.05, 0) is 31.4 Å². The zero-order valence-corrected chi connectivity index (χ0v) is 11.9. The van der Waals surface area contributed by atoms with Crippen LogP contribution in [-0.2, 0) is 20.9 Å². The van der Waals surface area contributed by atoms with Gasteiger partial charge in [-0.3, -0.25) is 0 Å². The Bertz CT molecular complexity index is 565. The molecule has 20 heavy (non-hydrogen) atoms. The predicted molar refractivity (Wildman–Crippen MR) is 76.6 cm³/mol. The summed E-state index contributed by atoms with van der Waals surface area (Å²) in [5, 5.41) is 11.0. The van der Waals surface area contributed by atoms with Crippen molar-refractivity contribution in [2.45, 2.75) is 44.5 Å². The zero-order chi connectivity index (χ0) is 14.2. The SMILES string of the molecule is CCC1(c2ccccc2C2(O)C=C(C)CC2)OC=CO1. The lowest BCUT2D eigenvalue weighted by Gasteiger charge is -2.32. The smallest absolute Gasteiger partial charge is 0.276 e. The molecular formula is C17H20O3. The summed E-state index contributed by atoms with van der Waals surface area (Å²) in [7, 11) is 0. The first-order valence-electron chi connectivity index (χ1n) is 7.11. The summed E-state index contributed by atoms with van der Waals surface area (Å²) < 4.78 is 11.4. The summed E-state index contributed by atoms with van der Waals surface area (Å²) in [6.45, 7) is 4.07. The second-order valence-corrected chi connectivity index (χ2v) is 5.57. The first-order chi connectivity index (χ1) is 9.60. The highest BCUT2D eigenvalue weighted by atomic mass is 16.7. The molecule has 1 atom stereocenters. The zero-order valence-electron chi connectivity index (χ0n) is 11.9. The van der Waals surface area contributed by atoms with Gasteiger partial charge in [0.25, 0.3) is 5.79 Å². The molecule has 1 aromatic rings. The molecule has 0 spiro atoms. The molecule has 3 nitrogen and oxygen atoms in total. The van der Waals surface area contributed by atoms with Gasteiger partial charge in [-0.2, -0.15) is 0 Å². The summed E-state index contributed by atoms with van der Waals surface area (Å²) in [5.74, 6) is -0.809. The van der Waals surface area contributed by atoms with Crippen molar-refractivity contribution in [3.63, 3.8) is 0 Å². The fraction of sp³-hybridized carbons (Fsp3) is 0.412. The van der Waals surface area contributed by atoms with Crippen LogP contribution in [0, 0.1) is 0 Å². The Hall–Kier alpha value is -1.74. The van der Waals surface area contributed by atoms with Gasteiger partial charge in [0.1, 0.15) is 18.1 Å². The Morgan fingerprint density at radius 1 is 1.15 bits per heavy atom. The number of benzene rings is 1. The molecule has 0 radical (unpaired) electrons. The minimum Gasteiger partial charge on any atom is -0.453 e. The molecule has 1 N–H and O–H groups in total. The van der Waals surface area contributed by atoms with E-state index >= 15 is 0 Å². The van der Waals surface area contributed by atoms with Crippen LogP contribution in [0.15, 0.2) is 48.4 Å². The summed E-state index contributed by atoms with van der Waals surface area (Å²) in [5.41, 5.74) is 2.08. The van der Waals surface area contributed by atoms with Crippen LogP contribution in [0.1, 0.15) is 44.2 Å². The number of ether oxygens (including phenoxy) is 2. The molecule has 1 aliphatic heterocycles. The molecular weight excluding hydrogens is 252 g/mol. The van der Waals surface area contributed by atoms with E-state index in [4.69, 9.17) is 9.47 Å². The molecule has 0 amide bonds. The lowest BCUT2D eigenvalue weighted by molar-refractivity contribution is -0.153. The fourth-order valence-electron chi connectivity index (χ4n) is 3.13. The molecule has 0 fully saturated rings. The van der Waals surface area contributed by atoms with Crippen LogP contribution in [0.3, 0.4) is 0 Å². The van der Waals surface area contributed by atoms with Gasteiger partial charge < -0.3 is 14.6 Å². The van der Waals surface area contributed by atoms with Crippen molar-refractivity contribution in [3.05, 3.63) is 59.6 Å². The van der Waals surface area contributed by atoms with Gasteiger partial charge in [-0.1, -0.05) is 36.8 Å². The second kappa shape index (κ2) is 4.67. The predicted octanol–water partition coefficient (Wildman–Crippen LogP) is 3.70. The summed E-state index contributed by atoms with van der Waals surface area (Å²) in [6, 6.07) is 7.85. The van der Waals surface area contributed by atoms with E-state index in [1.165, 1.54) is 5.57 Å². The van der Waals surface area contributed by atoms with Gasteiger partial charge in [0.2, 0.25) is 0 Å². The average Bonchev–Trinajstić information content (AvgIpc) is 3.07. The van der Waals surface area contributed by atoms with Crippen molar-refractivity contribution < 1.29 is 14.6 Å². The normalized spacial score (nSPS) is 27.1. The Morgan fingerprint density at radius 2 is 1.80 bits per heavy atom. The van der Waals surface area contributed by atoms with Crippen molar-refractivity contribution in [3.8, 4) is 0 Å². The molecule has 1 aliphatic carbocycles. The summed E-state index contributed by atoms with van der Waals surface area (Å²) in [4.78, 5) is 0. The van der Waals surface area contributed by atoms with Crippen LogP contribution in [0.5, 0.6) is 0 Å². The maximum atomic E-state index is 11.0. The van der Waals surface area contributed by atoms with Crippen LogP contribution < -0.4 is 0 Å². The fourth-order valence-corrected chi connectivity index (χ4v) is 3.13.